The predicted molar refractivity (Wildman–Crippen MR) is 132 cm³/mol. The van der Waals surface area contributed by atoms with E-state index in [1.54, 1.807) is 6.33 Å². The first-order valence-corrected chi connectivity index (χ1v) is 13.8. The van der Waals surface area contributed by atoms with Crippen molar-refractivity contribution in [1.82, 2.24) is 19.5 Å². The first kappa shape index (κ1) is 21.8. The normalized spacial score (nSPS) is 13.9. The van der Waals surface area contributed by atoms with Gasteiger partial charge in [0.25, 0.3) is 0 Å². The molecule has 0 saturated carbocycles. The van der Waals surface area contributed by atoms with Gasteiger partial charge in [0.05, 0.1) is 11.4 Å². The Morgan fingerprint density at radius 3 is 2.35 bits per heavy atom. The average molecular weight is 431 g/mol. The van der Waals surface area contributed by atoms with Crippen molar-refractivity contribution >= 4 is 19.1 Å². The van der Waals surface area contributed by atoms with Crippen LogP contribution in [-0.2, 0) is 13.0 Å². The van der Waals surface area contributed by atoms with E-state index in [1.807, 2.05) is 6.20 Å². The van der Waals surface area contributed by atoms with Crippen LogP contribution in [0.3, 0.4) is 0 Å². The van der Waals surface area contributed by atoms with Crippen molar-refractivity contribution in [3.05, 3.63) is 41.6 Å². The van der Waals surface area contributed by atoms with Crippen LogP contribution in [0.15, 0.2) is 24.7 Å². The first-order chi connectivity index (χ1) is 14.8. The molecule has 4 rings (SSSR count). The quantitative estimate of drug-likeness (QED) is 0.361. The Balaban J connectivity index is 1.79. The van der Waals surface area contributed by atoms with Gasteiger partial charge in [0.2, 0.25) is 0 Å². The molecule has 0 bridgehead atoms. The highest BCUT2D eigenvalue weighted by molar-refractivity contribution is 6.90. The van der Waals surface area contributed by atoms with Gasteiger partial charge >= 0.3 is 0 Å². The molecule has 0 spiro atoms. The van der Waals surface area contributed by atoms with Crippen LogP contribution in [0.5, 0.6) is 0 Å². The van der Waals surface area contributed by atoms with Crippen LogP contribution in [0.1, 0.15) is 64.9 Å². The van der Waals surface area contributed by atoms with Crippen molar-refractivity contribution in [2.75, 3.05) is 0 Å². The lowest BCUT2D eigenvalue weighted by Crippen LogP contribution is -2.43. The van der Waals surface area contributed by atoms with Gasteiger partial charge in [0.15, 0.2) is 0 Å². The van der Waals surface area contributed by atoms with E-state index in [4.69, 9.17) is 4.98 Å². The number of pyridine rings is 1. The molecule has 0 fully saturated rings. The second-order valence-corrected chi connectivity index (χ2v) is 15.4. The second-order valence-electron chi connectivity index (χ2n) is 9.85. The fraction of sp³-hybridized carbons (Fsp3) is 0.500. The fourth-order valence-electron chi connectivity index (χ4n) is 5.67. The van der Waals surface area contributed by atoms with Crippen LogP contribution in [0, 0.1) is 18.4 Å². The molecule has 4 heterocycles. The summed E-state index contributed by atoms with van der Waals surface area (Å²) < 4.78 is 2.33. The van der Waals surface area contributed by atoms with Crippen molar-refractivity contribution in [1.29, 1.82) is 0 Å². The summed E-state index contributed by atoms with van der Waals surface area (Å²) in [4.78, 5) is 13.8. The molecule has 0 radical (unpaired) electrons. The molecule has 3 aromatic heterocycles. The average Bonchev–Trinajstić information content (AvgIpc) is 2.98. The number of rotatable bonds is 3. The Morgan fingerprint density at radius 2 is 1.68 bits per heavy atom. The van der Waals surface area contributed by atoms with Gasteiger partial charge < -0.3 is 4.57 Å². The number of nitrogens with zero attached hydrogens (tertiary/aromatic N) is 4. The lowest BCUT2D eigenvalue weighted by atomic mass is 10.0. The molecule has 162 valence electrons. The molecule has 1 aliphatic rings. The summed E-state index contributed by atoms with van der Waals surface area (Å²) in [5, 5.41) is 1.14. The summed E-state index contributed by atoms with van der Waals surface area (Å²) in [7, 11) is -1.76. The largest absolute Gasteiger partial charge is 0.325 e. The van der Waals surface area contributed by atoms with Crippen LogP contribution in [0.2, 0.25) is 16.6 Å². The molecule has 0 N–H and O–H groups in total. The standard InChI is InChI=1S/C26H34N4Si/c1-17(2)31(18(3)4,19(5)6)12-10-22-13-21-9-8-11-30-25(24(21)15-27-22)14-23-20(7)28-16-29-26(23)30/h13-19H,8-9,11H2,1-7H3. The summed E-state index contributed by atoms with van der Waals surface area (Å²) in [5.74, 6) is 3.53. The van der Waals surface area contributed by atoms with Crippen LogP contribution in [-0.4, -0.2) is 27.6 Å². The van der Waals surface area contributed by atoms with Gasteiger partial charge in [-0.05, 0) is 54.1 Å². The maximum atomic E-state index is 4.81. The maximum absolute atomic E-state index is 4.81. The van der Waals surface area contributed by atoms with Gasteiger partial charge in [0, 0.05) is 23.7 Å². The smallest absolute Gasteiger partial charge is 0.146 e. The molecule has 5 heteroatoms. The first-order valence-electron chi connectivity index (χ1n) is 11.6. The van der Waals surface area contributed by atoms with E-state index in [0.29, 0.717) is 16.6 Å². The number of hydrogen-bond acceptors (Lipinski definition) is 3. The van der Waals surface area contributed by atoms with Crippen LogP contribution >= 0.6 is 0 Å². The Morgan fingerprint density at radius 1 is 0.968 bits per heavy atom. The number of aryl methyl sites for hydroxylation is 3. The second kappa shape index (κ2) is 8.24. The predicted octanol–water partition coefficient (Wildman–Crippen LogP) is 6.32. The lowest BCUT2D eigenvalue weighted by molar-refractivity contribution is 0.675. The van der Waals surface area contributed by atoms with E-state index in [1.165, 1.54) is 16.8 Å². The Hall–Kier alpha value is -2.45. The molecular formula is C26H34N4Si. The van der Waals surface area contributed by atoms with Gasteiger partial charge in [-0.15, -0.1) is 5.54 Å². The van der Waals surface area contributed by atoms with Gasteiger partial charge in [-0.25, -0.2) is 15.0 Å². The van der Waals surface area contributed by atoms with E-state index in [0.717, 1.165) is 41.8 Å². The van der Waals surface area contributed by atoms with Crippen molar-refractivity contribution < 1.29 is 0 Å². The van der Waals surface area contributed by atoms with E-state index in [2.05, 4.69) is 86.6 Å². The third kappa shape index (κ3) is 3.61. The van der Waals surface area contributed by atoms with Gasteiger partial charge in [-0.1, -0.05) is 47.5 Å². The zero-order valence-electron chi connectivity index (χ0n) is 20.0. The third-order valence-corrected chi connectivity index (χ3v) is 13.5. The summed E-state index contributed by atoms with van der Waals surface area (Å²) in [6.07, 6.45) is 5.83. The molecule has 4 nitrogen and oxygen atoms in total. The molecule has 0 atom stereocenters. The topological polar surface area (TPSA) is 43.6 Å². The Kier molecular flexibility index (Phi) is 5.78. The summed E-state index contributed by atoms with van der Waals surface area (Å²) >= 11 is 0. The summed E-state index contributed by atoms with van der Waals surface area (Å²) in [6.45, 7) is 17.2. The van der Waals surface area contributed by atoms with Crippen LogP contribution < -0.4 is 0 Å². The highest BCUT2D eigenvalue weighted by Gasteiger charge is 2.41. The fourth-order valence-corrected chi connectivity index (χ4v) is 10.9. The van der Waals surface area contributed by atoms with Gasteiger partial charge in [0.1, 0.15) is 25.7 Å². The van der Waals surface area contributed by atoms with Crippen molar-refractivity contribution in [3.8, 4) is 22.7 Å². The van der Waals surface area contributed by atoms with E-state index >= 15 is 0 Å². The van der Waals surface area contributed by atoms with Crippen molar-refractivity contribution in [3.63, 3.8) is 0 Å². The molecule has 3 aromatic rings. The molecule has 0 unspecified atom stereocenters. The summed E-state index contributed by atoms with van der Waals surface area (Å²) in [6, 6.07) is 4.46. The van der Waals surface area contributed by atoms with E-state index in [9.17, 15) is 0 Å². The zero-order valence-corrected chi connectivity index (χ0v) is 21.0. The molecule has 1 aliphatic heterocycles. The number of fused-ring (bicyclic) bond motifs is 5. The SMILES string of the molecule is Cc1ncnc2c1cc1n2CCCc2cc(C#C[Si](C(C)C)(C(C)C)C(C)C)ncc2-1. The number of hydrogen-bond donors (Lipinski definition) is 0. The van der Waals surface area contributed by atoms with Crippen molar-refractivity contribution in [2.45, 2.75) is 84.5 Å². The Bertz CT molecular complexity index is 1160. The van der Waals surface area contributed by atoms with Crippen LogP contribution in [0.25, 0.3) is 22.3 Å². The zero-order chi connectivity index (χ0) is 22.3. The number of aromatic nitrogens is 4. The summed E-state index contributed by atoms with van der Waals surface area (Å²) in [5.41, 5.74) is 12.4. The molecular weight excluding hydrogens is 396 g/mol. The van der Waals surface area contributed by atoms with Crippen molar-refractivity contribution in [2.24, 2.45) is 0 Å². The monoisotopic (exact) mass is 430 g/mol. The third-order valence-electron chi connectivity index (χ3n) is 7.26. The molecule has 0 aliphatic carbocycles. The molecule has 0 aromatic carbocycles. The van der Waals surface area contributed by atoms with Gasteiger partial charge in [-0.3, -0.25) is 0 Å². The highest BCUT2D eigenvalue weighted by Crippen LogP contribution is 2.41. The lowest BCUT2D eigenvalue weighted by Gasteiger charge is -2.38. The maximum Gasteiger partial charge on any atom is 0.146 e. The Labute approximate surface area is 187 Å². The molecule has 0 saturated heterocycles. The van der Waals surface area contributed by atoms with E-state index < -0.39 is 8.07 Å². The van der Waals surface area contributed by atoms with Gasteiger partial charge in [-0.2, -0.15) is 0 Å². The van der Waals surface area contributed by atoms with Crippen LogP contribution in [0.4, 0.5) is 0 Å². The molecule has 31 heavy (non-hydrogen) atoms. The minimum Gasteiger partial charge on any atom is -0.325 e. The molecule has 0 amide bonds. The minimum atomic E-state index is -1.76. The highest BCUT2D eigenvalue weighted by atomic mass is 28.3. The van der Waals surface area contributed by atoms with E-state index in [-0.39, 0.29) is 0 Å². The minimum absolute atomic E-state index is 0.626.